The summed E-state index contributed by atoms with van der Waals surface area (Å²) in [6.45, 7) is 4.68. The maximum absolute atomic E-state index is 7.19. The SMILES string of the molecule is CC1(C)c2ccccc2-c2ccc(N(c3ccc(-c4cccc5c4oc4ccccc45)cc3)c3ccc4c(c3)Oc3c(-c5ccccc5)cccc3-c3ccccc3-4)cc21. The van der Waals surface area contributed by atoms with Crippen molar-refractivity contribution in [1.82, 2.24) is 0 Å². The van der Waals surface area contributed by atoms with Gasteiger partial charge >= 0.3 is 0 Å². The minimum Gasteiger partial charge on any atom is -0.455 e. The number of benzene rings is 9. The molecular weight excluding hydrogens is 731 g/mol. The Morgan fingerprint density at radius 2 is 0.950 bits per heavy atom. The first kappa shape index (κ1) is 34.4. The summed E-state index contributed by atoms with van der Waals surface area (Å²) >= 11 is 0. The molecule has 3 heteroatoms. The molecule has 12 rings (SSSR count). The van der Waals surface area contributed by atoms with Gasteiger partial charge in [-0.25, -0.2) is 0 Å². The highest BCUT2D eigenvalue weighted by Crippen LogP contribution is 2.54. The Labute approximate surface area is 349 Å². The summed E-state index contributed by atoms with van der Waals surface area (Å²) in [7, 11) is 0. The van der Waals surface area contributed by atoms with Crippen LogP contribution in [0.1, 0.15) is 25.0 Å². The van der Waals surface area contributed by atoms with Gasteiger partial charge < -0.3 is 14.1 Å². The number of ether oxygens (including phenoxy) is 1. The molecule has 0 radical (unpaired) electrons. The Kier molecular flexibility index (Phi) is 7.58. The van der Waals surface area contributed by atoms with Crippen LogP contribution < -0.4 is 9.64 Å². The van der Waals surface area contributed by atoms with E-state index in [9.17, 15) is 0 Å². The molecule has 2 heterocycles. The first-order valence-corrected chi connectivity index (χ1v) is 20.7. The van der Waals surface area contributed by atoms with Gasteiger partial charge in [0.15, 0.2) is 0 Å². The number of anilines is 3. The predicted octanol–water partition coefficient (Wildman–Crippen LogP) is 16.1. The maximum atomic E-state index is 7.19. The Morgan fingerprint density at radius 1 is 0.383 bits per heavy atom. The average molecular weight is 770 g/mol. The van der Waals surface area contributed by atoms with Gasteiger partial charge in [-0.1, -0.05) is 166 Å². The first-order chi connectivity index (χ1) is 29.5. The number of furan rings is 1. The van der Waals surface area contributed by atoms with E-state index in [1.54, 1.807) is 0 Å². The number of nitrogens with zero attached hydrogens (tertiary/aromatic N) is 1. The smallest absolute Gasteiger partial charge is 0.143 e. The van der Waals surface area contributed by atoms with Crippen LogP contribution in [0.15, 0.2) is 205 Å². The van der Waals surface area contributed by atoms with E-state index in [0.29, 0.717) is 0 Å². The summed E-state index contributed by atoms with van der Waals surface area (Å²) in [6.07, 6.45) is 0. The van der Waals surface area contributed by atoms with Gasteiger partial charge in [0.25, 0.3) is 0 Å². The van der Waals surface area contributed by atoms with E-state index in [-0.39, 0.29) is 5.41 Å². The molecule has 60 heavy (non-hydrogen) atoms. The fourth-order valence-corrected chi connectivity index (χ4v) is 9.77. The van der Waals surface area contributed by atoms with Crippen molar-refractivity contribution in [1.29, 1.82) is 0 Å². The van der Waals surface area contributed by atoms with Gasteiger partial charge in [-0.3, -0.25) is 0 Å². The van der Waals surface area contributed by atoms with E-state index in [1.165, 1.54) is 22.3 Å². The average Bonchev–Trinajstić information content (AvgIpc) is 3.74. The molecule has 1 aromatic heterocycles. The van der Waals surface area contributed by atoms with Crippen LogP contribution in [0.5, 0.6) is 11.5 Å². The summed E-state index contributed by atoms with van der Waals surface area (Å²) in [4.78, 5) is 2.37. The van der Waals surface area contributed by atoms with E-state index in [2.05, 4.69) is 207 Å². The van der Waals surface area contributed by atoms with Gasteiger partial charge in [0.1, 0.15) is 22.7 Å². The second-order valence-corrected chi connectivity index (χ2v) is 16.4. The molecule has 0 bridgehead atoms. The van der Waals surface area contributed by atoms with Gasteiger partial charge in [-0.2, -0.15) is 0 Å². The van der Waals surface area contributed by atoms with E-state index in [0.717, 1.165) is 95.0 Å². The van der Waals surface area contributed by atoms with Crippen LogP contribution in [0, 0.1) is 0 Å². The third-order valence-corrected chi connectivity index (χ3v) is 12.7. The molecule has 10 aromatic rings. The zero-order valence-corrected chi connectivity index (χ0v) is 33.3. The minimum atomic E-state index is -0.152. The molecule has 0 N–H and O–H groups in total. The van der Waals surface area contributed by atoms with Crippen molar-refractivity contribution in [3.63, 3.8) is 0 Å². The highest BCUT2D eigenvalue weighted by molar-refractivity contribution is 6.09. The monoisotopic (exact) mass is 769 g/mol. The molecule has 3 nitrogen and oxygen atoms in total. The normalized spacial score (nSPS) is 13.1. The van der Waals surface area contributed by atoms with Gasteiger partial charge in [0.2, 0.25) is 0 Å². The summed E-state index contributed by atoms with van der Waals surface area (Å²) in [5, 5.41) is 2.25. The molecule has 284 valence electrons. The van der Waals surface area contributed by atoms with Crippen LogP contribution in [0.3, 0.4) is 0 Å². The maximum Gasteiger partial charge on any atom is 0.143 e. The topological polar surface area (TPSA) is 25.6 Å². The van der Waals surface area contributed by atoms with E-state index in [1.807, 2.05) is 12.1 Å². The van der Waals surface area contributed by atoms with Crippen LogP contribution in [0.2, 0.25) is 0 Å². The van der Waals surface area contributed by atoms with E-state index < -0.39 is 0 Å². The Hall–Kier alpha value is -7.62. The van der Waals surface area contributed by atoms with Gasteiger partial charge in [-0.05, 0) is 87.0 Å². The van der Waals surface area contributed by atoms with E-state index >= 15 is 0 Å². The fourth-order valence-electron chi connectivity index (χ4n) is 9.77. The number of hydrogen-bond acceptors (Lipinski definition) is 3. The molecule has 9 aromatic carbocycles. The highest BCUT2D eigenvalue weighted by atomic mass is 16.5. The lowest BCUT2D eigenvalue weighted by Crippen LogP contribution is -2.16. The zero-order chi connectivity index (χ0) is 40.0. The van der Waals surface area contributed by atoms with Gasteiger partial charge in [-0.15, -0.1) is 0 Å². The molecule has 0 fully saturated rings. The third-order valence-electron chi connectivity index (χ3n) is 12.7. The molecule has 0 atom stereocenters. The largest absolute Gasteiger partial charge is 0.455 e. The zero-order valence-electron chi connectivity index (χ0n) is 33.3. The van der Waals surface area contributed by atoms with Crippen LogP contribution in [-0.4, -0.2) is 0 Å². The summed E-state index contributed by atoms with van der Waals surface area (Å²) in [5.74, 6) is 1.67. The van der Waals surface area contributed by atoms with Crippen molar-refractivity contribution in [2.75, 3.05) is 4.90 Å². The summed E-state index contributed by atoms with van der Waals surface area (Å²) in [6, 6.07) is 71.7. The molecule has 1 aliphatic carbocycles. The molecule has 0 saturated heterocycles. The first-order valence-electron chi connectivity index (χ1n) is 20.7. The summed E-state index contributed by atoms with van der Waals surface area (Å²) in [5.41, 5.74) is 18.9. The van der Waals surface area contributed by atoms with Gasteiger partial charge in [0.05, 0.1) is 0 Å². The summed E-state index contributed by atoms with van der Waals surface area (Å²) < 4.78 is 13.7. The van der Waals surface area contributed by atoms with Crippen molar-refractivity contribution in [3.8, 4) is 67.1 Å². The van der Waals surface area contributed by atoms with Gasteiger partial charge in [0, 0.05) is 61.6 Å². The number of hydrogen-bond donors (Lipinski definition) is 0. The number of para-hydroxylation sites is 3. The lowest BCUT2D eigenvalue weighted by atomic mass is 9.82. The molecule has 0 spiro atoms. The molecule has 0 amide bonds. The second kappa shape index (κ2) is 13.2. The Bertz CT molecular complexity index is 3320. The molecule has 0 saturated carbocycles. The van der Waals surface area contributed by atoms with Crippen molar-refractivity contribution in [3.05, 3.63) is 211 Å². The molecular formula is C57H39NO2. The molecule has 2 aliphatic rings. The Balaban J connectivity index is 1.03. The van der Waals surface area contributed by atoms with Crippen molar-refractivity contribution in [2.24, 2.45) is 0 Å². The van der Waals surface area contributed by atoms with Crippen molar-refractivity contribution < 1.29 is 9.15 Å². The number of fused-ring (bicyclic) bond motifs is 11. The third kappa shape index (κ3) is 5.22. The predicted molar refractivity (Wildman–Crippen MR) is 248 cm³/mol. The van der Waals surface area contributed by atoms with E-state index in [4.69, 9.17) is 9.15 Å². The van der Waals surface area contributed by atoms with Crippen LogP contribution in [0.4, 0.5) is 17.1 Å². The van der Waals surface area contributed by atoms with Crippen molar-refractivity contribution in [2.45, 2.75) is 19.3 Å². The highest BCUT2D eigenvalue weighted by Gasteiger charge is 2.36. The fraction of sp³-hybridized carbons (Fsp3) is 0.0526. The molecule has 1 aliphatic heterocycles. The van der Waals surface area contributed by atoms with Crippen molar-refractivity contribution >= 4 is 39.0 Å². The van der Waals surface area contributed by atoms with Crippen LogP contribution >= 0.6 is 0 Å². The lowest BCUT2D eigenvalue weighted by molar-refractivity contribution is 0.489. The molecule has 0 unspecified atom stereocenters. The number of rotatable bonds is 5. The second-order valence-electron chi connectivity index (χ2n) is 16.4. The standard InChI is InChI=1S/C57H39NO2/c1-57(2)51-24-10-8-18-45(51)46-32-30-39(34-52(46)57)58(38-28-26-37(27-29-38)42-21-13-23-50-47-19-9-11-25-53(47)59-56(42)50)40-31-33-48-43-16-6-7-17-44(43)49-22-12-20-41(36-14-4-3-5-15-36)55(49)60-54(48)35-40/h3-35H,1-2H3. The van der Waals surface area contributed by atoms with Crippen LogP contribution in [0.25, 0.3) is 77.6 Å². The Morgan fingerprint density at radius 3 is 1.78 bits per heavy atom. The van der Waals surface area contributed by atoms with Crippen LogP contribution in [-0.2, 0) is 5.41 Å². The quantitative estimate of drug-likeness (QED) is 0.174. The lowest BCUT2D eigenvalue weighted by Gasteiger charge is -2.29. The minimum absolute atomic E-state index is 0.152.